The summed E-state index contributed by atoms with van der Waals surface area (Å²) >= 11 is 1.66. The molecular formula is C16H20N2O3S. The first-order chi connectivity index (χ1) is 10.6. The van der Waals surface area contributed by atoms with Crippen LogP contribution in [0, 0.1) is 6.92 Å². The lowest BCUT2D eigenvalue weighted by Crippen LogP contribution is -2.44. The van der Waals surface area contributed by atoms with Crippen molar-refractivity contribution in [3.8, 4) is 0 Å². The lowest BCUT2D eigenvalue weighted by molar-refractivity contribution is -0.138. The van der Waals surface area contributed by atoms with E-state index in [-0.39, 0.29) is 18.5 Å². The Morgan fingerprint density at radius 2 is 2.09 bits per heavy atom. The Morgan fingerprint density at radius 3 is 2.82 bits per heavy atom. The van der Waals surface area contributed by atoms with Gasteiger partial charge in [-0.25, -0.2) is 9.59 Å². The number of thioether (sulfide) groups is 1. The van der Waals surface area contributed by atoms with Gasteiger partial charge in [-0.05, 0) is 25.0 Å². The van der Waals surface area contributed by atoms with Gasteiger partial charge in [0.25, 0.3) is 0 Å². The Kier molecular flexibility index (Phi) is 5.89. The van der Waals surface area contributed by atoms with Crippen molar-refractivity contribution in [1.82, 2.24) is 10.6 Å². The molecule has 0 atom stereocenters. The van der Waals surface area contributed by atoms with Crippen LogP contribution in [0.4, 0.5) is 4.79 Å². The maximum Gasteiger partial charge on any atom is 0.337 e. The highest BCUT2D eigenvalue weighted by Gasteiger charge is 2.23. The molecule has 118 valence electrons. The monoisotopic (exact) mass is 320 g/mol. The number of ether oxygens (including phenoxy) is 1. The highest BCUT2D eigenvalue weighted by atomic mass is 32.2. The van der Waals surface area contributed by atoms with Gasteiger partial charge >= 0.3 is 12.0 Å². The molecule has 0 fully saturated rings. The van der Waals surface area contributed by atoms with E-state index in [9.17, 15) is 9.59 Å². The summed E-state index contributed by atoms with van der Waals surface area (Å²) < 4.78 is 5.03. The summed E-state index contributed by atoms with van der Waals surface area (Å²) in [5.74, 6) is 1.02. The third kappa shape index (κ3) is 4.27. The van der Waals surface area contributed by atoms with Gasteiger partial charge in [-0.2, -0.15) is 11.8 Å². The number of amides is 2. The van der Waals surface area contributed by atoms with Crippen LogP contribution in [-0.2, 0) is 15.3 Å². The van der Waals surface area contributed by atoms with E-state index in [1.165, 1.54) is 11.1 Å². The number of carbonyl (C=O) groups is 2. The van der Waals surface area contributed by atoms with Gasteiger partial charge in [-0.3, -0.25) is 0 Å². The normalized spacial score (nSPS) is 14.4. The number of carbonyl (C=O) groups excluding carboxylic acids is 2. The summed E-state index contributed by atoms with van der Waals surface area (Å²) in [7, 11) is 0. The molecular weight excluding hydrogens is 300 g/mol. The summed E-state index contributed by atoms with van der Waals surface area (Å²) in [6, 6.07) is 7.91. The number of urea groups is 1. The maximum absolute atomic E-state index is 11.9. The zero-order chi connectivity index (χ0) is 15.9. The number of hydrogen-bond donors (Lipinski definition) is 2. The first kappa shape index (κ1) is 16.4. The predicted molar refractivity (Wildman–Crippen MR) is 87.5 cm³/mol. The smallest absolute Gasteiger partial charge is 0.337 e. The molecule has 0 aliphatic carbocycles. The number of aryl methyl sites for hydroxylation is 1. The number of rotatable bonds is 6. The fourth-order valence-electron chi connectivity index (χ4n) is 2.10. The van der Waals surface area contributed by atoms with Crippen molar-refractivity contribution in [2.24, 2.45) is 0 Å². The zero-order valence-electron chi connectivity index (χ0n) is 12.8. The second-order valence-electron chi connectivity index (χ2n) is 4.90. The van der Waals surface area contributed by atoms with E-state index in [2.05, 4.69) is 29.7 Å². The first-order valence-electron chi connectivity index (χ1n) is 7.18. The molecule has 0 bridgehead atoms. The minimum atomic E-state index is -0.374. The van der Waals surface area contributed by atoms with Crippen LogP contribution in [0.5, 0.6) is 0 Å². The van der Waals surface area contributed by atoms with Gasteiger partial charge in [0, 0.05) is 17.2 Å². The zero-order valence-corrected chi connectivity index (χ0v) is 13.6. The van der Waals surface area contributed by atoms with Crippen LogP contribution >= 0.6 is 11.8 Å². The molecule has 2 amide bonds. The lowest BCUT2D eigenvalue weighted by Gasteiger charge is -2.21. The third-order valence-corrected chi connectivity index (χ3v) is 4.35. The van der Waals surface area contributed by atoms with Crippen LogP contribution in [0.1, 0.15) is 18.1 Å². The molecule has 0 aromatic heterocycles. The number of nitrogens with one attached hydrogen (secondary N) is 2. The average Bonchev–Trinajstić information content (AvgIpc) is 2.49. The molecule has 0 saturated carbocycles. The van der Waals surface area contributed by atoms with Crippen LogP contribution in [-0.4, -0.2) is 30.9 Å². The molecule has 0 spiro atoms. The van der Waals surface area contributed by atoms with Gasteiger partial charge in [0.05, 0.1) is 18.7 Å². The Labute approximate surface area is 134 Å². The van der Waals surface area contributed by atoms with Gasteiger partial charge in [-0.1, -0.05) is 24.3 Å². The quantitative estimate of drug-likeness (QED) is 0.790. The average molecular weight is 320 g/mol. The second-order valence-corrected chi connectivity index (χ2v) is 5.89. The first-order valence-corrected chi connectivity index (χ1v) is 8.33. The SMILES string of the molecule is CCOC(=O)C1=C(CSCc2ccccc2C)NC(=O)NC1. The van der Waals surface area contributed by atoms with Crippen molar-refractivity contribution in [3.05, 3.63) is 46.7 Å². The van der Waals surface area contributed by atoms with Gasteiger partial charge in [0.15, 0.2) is 0 Å². The summed E-state index contributed by atoms with van der Waals surface area (Å²) in [4.78, 5) is 23.4. The molecule has 2 rings (SSSR count). The molecule has 1 aromatic carbocycles. The van der Waals surface area contributed by atoms with E-state index in [1.54, 1.807) is 18.7 Å². The third-order valence-electron chi connectivity index (χ3n) is 3.34. The standard InChI is InChI=1S/C16H20N2O3S/c1-3-21-15(19)13-8-17-16(20)18-14(13)10-22-9-12-7-5-4-6-11(12)2/h4-7H,3,8-10H2,1-2H3,(H2,17,18,20). The van der Waals surface area contributed by atoms with Crippen LogP contribution < -0.4 is 10.6 Å². The van der Waals surface area contributed by atoms with E-state index in [0.717, 1.165) is 5.75 Å². The fraction of sp³-hybridized carbons (Fsp3) is 0.375. The maximum atomic E-state index is 11.9. The molecule has 0 unspecified atom stereocenters. The summed E-state index contributed by atoms with van der Waals surface area (Å²) in [5, 5.41) is 5.32. The van der Waals surface area contributed by atoms with Crippen molar-refractivity contribution >= 4 is 23.8 Å². The van der Waals surface area contributed by atoms with Crippen LogP contribution in [0.15, 0.2) is 35.5 Å². The Morgan fingerprint density at radius 1 is 1.32 bits per heavy atom. The molecule has 5 nitrogen and oxygen atoms in total. The van der Waals surface area contributed by atoms with E-state index >= 15 is 0 Å². The van der Waals surface area contributed by atoms with Gasteiger partial charge in [-0.15, -0.1) is 0 Å². The van der Waals surface area contributed by atoms with Crippen LogP contribution in [0.2, 0.25) is 0 Å². The molecule has 6 heteroatoms. The Balaban J connectivity index is 2.02. The molecule has 1 heterocycles. The van der Waals surface area contributed by atoms with Gasteiger partial charge in [0.2, 0.25) is 0 Å². The highest BCUT2D eigenvalue weighted by molar-refractivity contribution is 7.98. The molecule has 1 aliphatic rings. The van der Waals surface area contributed by atoms with Crippen LogP contribution in [0.3, 0.4) is 0 Å². The van der Waals surface area contributed by atoms with Crippen LogP contribution in [0.25, 0.3) is 0 Å². The minimum absolute atomic E-state index is 0.213. The highest BCUT2D eigenvalue weighted by Crippen LogP contribution is 2.20. The molecule has 22 heavy (non-hydrogen) atoms. The molecule has 2 N–H and O–H groups in total. The summed E-state index contributed by atoms with van der Waals surface area (Å²) in [6.07, 6.45) is 0. The van der Waals surface area contributed by atoms with E-state index in [1.807, 2.05) is 12.1 Å². The molecule has 1 aliphatic heterocycles. The summed E-state index contributed by atoms with van der Waals surface area (Å²) in [5.41, 5.74) is 3.63. The van der Waals surface area contributed by atoms with Crippen molar-refractivity contribution < 1.29 is 14.3 Å². The largest absolute Gasteiger partial charge is 0.463 e. The summed E-state index contributed by atoms with van der Waals surface area (Å²) in [6.45, 7) is 4.37. The second kappa shape index (κ2) is 7.89. The van der Waals surface area contributed by atoms with Gasteiger partial charge in [0.1, 0.15) is 0 Å². The fourth-order valence-corrected chi connectivity index (χ4v) is 3.20. The van der Waals surface area contributed by atoms with Crippen molar-refractivity contribution in [2.75, 3.05) is 18.9 Å². The van der Waals surface area contributed by atoms with Crippen molar-refractivity contribution in [2.45, 2.75) is 19.6 Å². The number of benzene rings is 1. The molecule has 1 aromatic rings. The molecule has 0 radical (unpaired) electrons. The van der Waals surface area contributed by atoms with Crippen molar-refractivity contribution in [3.63, 3.8) is 0 Å². The van der Waals surface area contributed by atoms with E-state index < -0.39 is 0 Å². The number of hydrogen-bond acceptors (Lipinski definition) is 4. The van der Waals surface area contributed by atoms with E-state index in [4.69, 9.17) is 4.74 Å². The lowest BCUT2D eigenvalue weighted by atomic mass is 10.1. The minimum Gasteiger partial charge on any atom is -0.463 e. The Hall–Kier alpha value is -1.95. The number of esters is 1. The topological polar surface area (TPSA) is 67.4 Å². The Bertz CT molecular complexity index is 599. The van der Waals surface area contributed by atoms with Crippen molar-refractivity contribution in [1.29, 1.82) is 0 Å². The van der Waals surface area contributed by atoms with Gasteiger partial charge < -0.3 is 15.4 Å². The predicted octanol–water partition coefficient (Wildman–Crippen LogP) is 2.36. The molecule has 0 saturated heterocycles. The van der Waals surface area contributed by atoms with E-state index in [0.29, 0.717) is 23.6 Å².